The van der Waals surface area contributed by atoms with E-state index < -0.39 is 0 Å². The van der Waals surface area contributed by atoms with E-state index in [9.17, 15) is 4.79 Å². The van der Waals surface area contributed by atoms with Crippen molar-refractivity contribution < 1.29 is 4.79 Å². The van der Waals surface area contributed by atoms with Crippen LogP contribution >= 0.6 is 12.4 Å². The van der Waals surface area contributed by atoms with Gasteiger partial charge in [0.1, 0.15) is 0 Å². The SMILES string of the molecule is Cl.Cn1c(-c2ccc(CCc3ccccc3)n2CC2CC2)nc2cc(C(=O)N3CCC[C@@H](N)C3)ccc21. The summed E-state index contributed by atoms with van der Waals surface area (Å²) in [6, 6.07) is 21.2. The first-order chi connectivity index (χ1) is 17.6. The number of carbonyl (C=O) groups is 1. The molecule has 0 unspecified atom stereocenters. The number of amides is 1. The first-order valence-corrected chi connectivity index (χ1v) is 13.3. The third kappa shape index (κ3) is 5.32. The van der Waals surface area contributed by atoms with Crippen molar-refractivity contribution in [1.29, 1.82) is 0 Å². The highest BCUT2D eigenvalue weighted by molar-refractivity contribution is 5.98. The summed E-state index contributed by atoms with van der Waals surface area (Å²) in [7, 11) is 2.08. The molecular formula is C30H36ClN5O. The smallest absolute Gasteiger partial charge is 0.253 e. The van der Waals surface area contributed by atoms with Crippen LogP contribution in [0.5, 0.6) is 0 Å². The zero-order valence-corrected chi connectivity index (χ0v) is 22.3. The molecule has 2 aromatic heterocycles. The number of benzene rings is 2. The third-order valence-electron chi connectivity index (χ3n) is 7.82. The second-order valence-electron chi connectivity index (χ2n) is 10.6. The number of carbonyl (C=O) groups excluding carboxylic acids is 1. The summed E-state index contributed by atoms with van der Waals surface area (Å²) >= 11 is 0. The standard InChI is InChI=1S/C30H35N5O.ClH/c1-33-27-15-12-23(30(36)34-17-5-8-24(31)20-34)18-26(27)32-29(33)28-16-14-25(35(28)19-22-9-10-22)13-11-21-6-3-2-4-7-21;/h2-4,6-7,12,14-16,18,22,24H,5,8-11,13,17,19-20,31H2,1H3;1H/t24-;/m1./s1. The average molecular weight is 518 g/mol. The lowest BCUT2D eigenvalue weighted by Gasteiger charge is -2.30. The summed E-state index contributed by atoms with van der Waals surface area (Å²) in [6.45, 7) is 2.46. The quantitative estimate of drug-likeness (QED) is 0.365. The van der Waals surface area contributed by atoms with Gasteiger partial charge in [-0.3, -0.25) is 4.79 Å². The molecule has 0 radical (unpaired) electrons. The molecule has 6 nitrogen and oxygen atoms in total. The molecule has 6 rings (SSSR count). The molecule has 4 aromatic rings. The van der Waals surface area contributed by atoms with Crippen molar-refractivity contribution >= 4 is 29.3 Å². The number of piperidine rings is 1. The fourth-order valence-electron chi connectivity index (χ4n) is 5.55. The van der Waals surface area contributed by atoms with E-state index in [2.05, 4.69) is 58.6 Å². The number of nitrogens with two attached hydrogens (primary N) is 1. The second kappa shape index (κ2) is 10.7. The van der Waals surface area contributed by atoms with Crippen LogP contribution in [0.25, 0.3) is 22.6 Å². The number of likely N-dealkylation sites (tertiary alicyclic amines) is 1. The minimum Gasteiger partial charge on any atom is -0.342 e. The molecule has 1 saturated carbocycles. The van der Waals surface area contributed by atoms with E-state index in [4.69, 9.17) is 10.7 Å². The van der Waals surface area contributed by atoms with E-state index >= 15 is 0 Å². The Balaban J connectivity index is 0.00000280. The first-order valence-electron chi connectivity index (χ1n) is 13.3. The molecule has 1 aliphatic heterocycles. The maximum atomic E-state index is 13.2. The molecule has 37 heavy (non-hydrogen) atoms. The van der Waals surface area contributed by atoms with E-state index in [0.29, 0.717) is 12.1 Å². The lowest BCUT2D eigenvalue weighted by molar-refractivity contribution is 0.0709. The number of rotatable bonds is 7. The van der Waals surface area contributed by atoms with Crippen molar-refractivity contribution in [2.75, 3.05) is 13.1 Å². The molecule has 0 bridgehead atoms. The van der Waals surface area contributed by atoms with Crippen LogP contribution in [0.2, 0.25) is 0 Å². The van der Waals surface area contributed by atoms with Crippen LogP contribution in [0, 0.1) is 5.92 Å². The molecular weight excluding hydrogens is 482 g/mol. The maximum absolute atomic E-state index is 13.2. The lowest BCUT2D eigenvalue weighted by Crippen LogP contribution is -2.45. The van der Waals surface area contributed by atoms with Crippen molar-refractivity contribution in [3.8, 4) is 11.5 Å². The summed E-state index contributed by atoms with van der Waals surface area (Å²) in [5.74, 6) is 1.78. The predicted octanol–water partition coefficient (Wildman–Crippen LogP) is 5.22. The normalized spacial score (nSPS) is 17.7. The Morgan fingerprint density at radius 2 is 1.84 bits per heavy atom. The number of aryl methyl sites for hydroxylation is 3. The van der Waals surface area contributed by atoms with Gasteiger partial charge < -0.3 is 19.8 Å². The van der Waals surface area contributed by atoms with Crippen molar-refractivity contribution in [2.24, 2.45) is 18.7 Å². The lowest BCUT2D eigenvalue weighted by atomic mass is 10.1. The third-order valence-corrected chi connectivity index (χ3v) is 7.82. The highest BCUT2D eigenvalue weighted by Crippen LogP contribution is 2.34. The summed E-state index contributed by atoms with van der Waals surface area (Å²) in [6.07, 6.45) is 6.61. The number of hydrogen-bond donors (Lipinski definition) is 1. The highest BCUT2D eigenvalue weighted by atomic mass is 35.5. The molecule has 7 heteroatoms. The van der Waals surface area contributed by atoms with Gasteiger partial charge >= 0.3 is 0 Å². The van der Waals surface area contributed by atoms with Gasteiger partial charge in [-0.05, 0) is 80.3 Å². The van der Waals surface area contributed by atoms with Gasteiger partial charge in [0, 0.05) is 44.0 Å². The Kier molecular flexibility index (Phi) is 7.40. The van der Waals surface area contributed by atoms with Gasteiger partial charge in [-0.1, -0.05) is 30.3 Å². The molecule has 2 aliphatic rings. The van der Waals surface area contributed by atoms with Crippen LogP contribution in [0.4, 0.5) is 0 Å². The van der Waals surface area contributed by atoms with E-state index in [0.717, 1.165) is 61.5 Å². The number of hydrogen-bond acceptors (Lipinski definition) is 3. The number of aromatic nitrogens is 3. The zero-order valence-electron chi connectivity index (χ0n) is 21.5. The summed E-state index contributed by atoms with van der Waals surface area (Å²) < 4.78 is 4.66. The van der Waals surface area contributed by atoms with Crippen molar-refractivity contribution in [2.45, 2.75) is 51.1 Å². The van der Waals surface area contributed by atoms with E-state index in [1.54, 1.807) is 0 Å². The van der Waals surface area contributed by atoms with Crippen LogP contribution in [0.15, 0.2) is 60.7 Å². The molecule has 0 spiro atoms. The predicted molar refractivity (Wildman–Crippen MR) is 151 cm³/mol. The monoisotopic (exact) mass is 517 g/mol. The van der Waals surface area contributed by atoms with Gasteiger partial charge in [0.2, 0.25) is 0 Å². The molecule has 1 saturated heterocycles. The fraction of sp³-hybridized carbons (Fsp3) is 0.400. The molecule has 2 fully saturated rings. The Hall–Kier alpha value is -3.09. The Bertz CT molecular complexity index is 1390. The summed E-state index contributed by atoms with van der Waals surface area (Å²) in [5.41, 5.74) is 12.6. The van der Waals surface area contributed by atoms with Crippen LogP contribution < -0.4 is 5.73 Å². The molecule has 3 heterocycles. The van der Waals surface area contributed by atoms with Crippen LogP contribution in [0.3, 0.4) is 0 Å². The van der Waals surface area contributed by atoms with Crippen molar-refractivity contribution in [1.82, 2.24) is 19.0 Å². The highest BCUT2D eigenvalue weighted by Gasteiger charge is 2.26. The first kappa shape index (κ1) is 25.6. The minimum atomic E-state index is 0. The topological polar surface area (TPSA) is 69.1 Å². The Morgan fingerprint density at radius 3 is 2.59 bits per heavy atom. The van der Waals surface area contributed by atoms with Crippen molar-refractivity contribution in [3.63, 3.8) is 0 Å². The number of imidazole rings is 1. The summed E-state index contributed by atoms with van der Waals surface area (Å²) in [5, 5.41) is 0. The fourth-order valence-corrected chi connectivity index (χ4v) is 5.55. The van der Waals surface area contributed by atoms with Crippen LogP contribution in [-0.4, -0.2) is 44.1 Å². The molecule has 2 aromatic carbocycles. The molecule has 1 aliphatic carbocycles. The Morgan fingerprint density at radius 1 is 1.03 bits per heavy atom. The number of nitrogens with zero attached hydrogens (tertiary/aromatic N) is 4. The molecule has 1 atom stereocenters. The molecule has 194 valence electrons. The number of halogens is 1. The van der Waals surface area contributed by atoms with Gasteiger partial charge in [0.25, 0.3) is 5.91 Å². The van der Waals surface area contributed by atoms with Crippen LogP contribution in [-0.2, 0) is 26.4 Å². The minimum absolute atomic E-state index is 0. The molecule has 1 amide bonds. The van der Waals surface area contributed by atoms with Crippen molar-refractivity contribution in [3.05, 3.63) is 77.5 Å². The maximum Gasteiger partial charge on any atom is 0.253 e. The second-order valence-corrected chi connectivity index (χ2v) is 10.6. The van der Waals surface area contributed by atoms with Gasteiger partial charge in [0.05, 0.1) is 16.7 Å². The zero-order chi connectivity index (χ0) is 24.6. The van der Waals surface area contributed by atoms with Gasteiger partial charge in [-0.15, -0.1) is 12.4 Å². The van der Waals surface area contributed by atoms with Gasteiger partial charge in [-0.25, -0.2) is 4.98 Å². The number of fused-ring (bicyclic) bond motifs is 1. The van der Waals surface area contributed by atoms with Gasteiger partial charge in [0.15, 0.2) is 5.82 Å². The van der Waals surface area contributed by atoms with E-state index in [-0.39, 0.29) is 24.4 Å². The Labute approximate surface area is 224 Å². The largest absolute Gasteiger partial charge is 0.342 e. The van der Waals surface area contributed by atoms with Crippen LogP contribution in [0.1, 0.15) is 47.3 Å². The van der Waals surface area contributed by atoms with Gasteiger partial charge in [-0.2, -0.15) is 0 Å². The van der Waals surface area contributed by atoms with E-state index in [1.807, 2.05) is 23.1 Å². The average Bonchev–Trinajstić information content (AvgIpc) is 3.55. The summed E-state index contributed by atoms with van der Waals surface area (Å²) in [4.78, 5) is 20.1. The van der Waals surface area contributed by atoms with E-state index in [1.165, 1.54) is 29.8 Å². The molecule has 2 N–H and O–H groups in total.